The van der Waals surface area contributed by atoms with Crippen molar-refractivity contribution in [3.05, 3.63) is 53.9 Å². The van der Waals surface area contributed by atoms with Gasteiger partial charge in [-0.05, 0) is 19.1 Å². The first-order valence-electron chi connectivity index (χ1n) is 5.43. The lowest BCUT2D eigenvalue weighted by atomic mass is 10.1. The van der Waals surface area contributed by atoms with Crippen molar-refractivity contribution in [2.45, 2.75) is 13.0 Å². The number of nitriles is 1. The van der Waals surface area contributed by atoms with Gasteiger partial charge < -0.3 is 5.32 Å². The maximum absolute atomic E-state index is 13.4. The van der Waals surface area contributed by atoms with Gasteiger partial charge in [0, 0.05) is 12.4 Å². The Kier molecular flexibility index (Phi) is 3.49. The fourth-order valence-electron chi connectivity index (χ4n) is 1.60. The van der Waals surface area contributed by atoms with Crippen molar-refractivity contribution in [3.63, 3.8) is 0 Å². The fourth-order valence-corrected chi connectivity index (χ4v) is 1.60. The zero-order chi connectivity index (χ0) is 13.0. The predicted molar refractivity (Wildman–Crippen MR) is 65.2 cm³/mol. The lowest BCUT2D eigenvalue weighted by Crippen LogP contribution is -2.10. The summed E-state index contributed by atoms with van der Waals surface area (Å²) in [6.07, 6.45) is 4.80. The second-order valence-electron chi connectivity index (χ2n) is 3.77. The molecule has 18 heavy (non-hydrogen) atoms. The standard InChI is InChI=1S/C13H11FN4/c1-9(13-8-16-5-6-17-13)18-12-4-2-3-11(14)10(12)7-15/h2-6,8-9,18H,1H3. The smallest absolute Gasteiger partial charge is 0.143 e. The van der Waals surface area contributed by atoms with Crippen molar-refractivity contribution in [1.82, 2.24) is 9.97 Å². The van der Waals surface area contributed by atoms with Crippen LogP contribution >= 0.6 is 0 Å². The molecule has 1 unspecified atom stereocenters. The van der Waals surface area contributed by atoms with Gasteiger partial charge in [0.1, 0.15) is 17.4 Å². The van der Waals surface area contributed by atoms with E-state index in [2.05, 4.69) is 15.3 Å². The average molecular weight is 242 g/mol. The molecule has 2 rings (SSSR count). The van der Waals surface area contributed by atoms with Gasteiger partial charge in [-0.2, -0.15) is 5.26 Å². The molecular weight excluding hydrogens is 231 g/mol. The molecule has 0 bridgehead atoms. The summed E-state index contributed by atoms with van der Waals surface area (Å²) in [7, 11) is 0. The largest absolute Gasteiger partial charge is 0.376 e. The maximum Gasteiger partial charge on any atom is 0.143 e. The van der Waals surface area contributed by atoms with E-state index in [0.29, 0.717) is 5.69 Å². The van der Waals surface area contributed by atoms with Crippen LogP contribution in [0.25, 0.3) is 0 Å². The first kappa shape index (κ1) is 12.0. The third-order valence-electron chi connectivity index (χ3n) is 2.52. The van der Waals surface area contributed by atoms with Crippen molar-refractivity contribution in [2.75, 3.05) is 5.32 Å². The molecule has 0 aliphatic heterocycles. The highest BCUT2D eigenvalue weighted by atomic mass is 19.1. The van der Waals surface area contributed by atoms with Crippen LogP contribution in [0.4, 0.5) is 10.1 Å². The molecule has 0 saturated carbocycles. The molecule has 0 radical (unpaired) electrons. The van der Waals surface area contributed by atoms with Crippen LogP contribution in [0.2, 0.25) is 0 Å². The molecule has 4 nitrogen and oxygen atoms in total. The molecule has 0 fully saturated rings. The molecule has 0 aliphatic carbocycles. The van der Waals surface area contributed by atoms with Gasteiger partial charge in [-0.1, -0.05) is 6.07 Å². The Bertz CT molecular complexity index is 577. The number of hydrogen-bond donors (Lipinski definition) is 1. The first-order valence-corrected chi connectivity index (χ1v) is 5.43. The second kappa shape index (κ2) is 5.23. The summed E-state index contributed by atoms with van der Waals surface area (Å²) in [5.74, 6) is -0.533. The van der Waals surface area contributed by atoms with Crippen LogP contribution in [-0.4, -0.2) is 9.97 Å². The zero-order valence-corrected chi connectivity index (χ0v) is 9.76. The number of nitrogens with zero attached hydrogens (tertiary/aromatic N) is 3. The molecule has 1 heterocycles. The van der Waals surface area contributed by atoms with Gasteiger partial charge in [0.25, 0.3) is 0 Å². The summed E-state index contributed by atoms with van der Waals surface area (Å²) in [5, 5.41) is 12.0. The Morgan fingerprint density at radius 3 is 2.89 bits per heavy atom. The van der Waals surface area contributed by atoms with E-state index < -0.39 is 5.82 Å². The van der Waals surface area contributed by atoms with E-state index >= 15 is 0 Å². The number of benzene rings is 1. The summed E-state index contributed by atoms with van der Waals surface area (Å²) in [6.45, 7) is 1.87. The lowest BCUT2D eigenvalue weighted by molar-refractivity contribution is 0.624. The van der Waals surface area contributed by atoms with E-state index in [1.165, 1.54) is 6.07 Å². The molecule has 5 heteroatoms. The van der Waals surface area contributed by atoms with E-state index in [-0.39, 0.29) is 11.6 Å². The van der Waals surface area contributed by atoms with Crippen LogP contribution in [-0.2, 0) is 0 Å². The summed E-state index contributed by atoms with van der Waals surface area (Å²) in [5.41, 5.74) is 1.19. The van der Waals surface area contributed by atoms with Crippen molar-refractivity contribution < 1.29 is 4.39 Å². The number of aromatic nitrogens is 2. The number of anilines is 1. The van der Waals surface area contributed by atoms with E-state index in [4.69, 9.17) is 5.26 Å². The summed E-state index contributed by atoms with van der Waals surface area (Å²) in [4.78, 5) is 8.12. The first-order chi connectivity index (χ1) is 8.72. The van der Waals surface area contributed by atoms with Crippen LogP contribution in [0.5, 0.6) is 0 Å². The van der Waals surface area contributed by atoms with Crippen LogP contribution in [0.3, 0.4) is 0 Å². The number of halogens is 1. The summed E-state index contributed by atoms with van der Waals surface area (Å²) < 4.78 is 13.4. The van der Waals surface area contributed by atoms with Crippen molar-refractivity contribution >= 4 is 5.69 Å². The Balaban J connectivity index is 2.25. The Morgan fingerprint density at radius 2 is 2.22 bits per heavy atom. The van der Waals surface area contributed by atoms with E-state index in [9.17, 15) is 4.39 Å². The molecular formula is C13H11FN4. The third-order valence-corrected chi connectivity index (χ3v) is 2.52. The van der Waals surface area contributed by atoms with Gasteiger partial charge in [-0.25, -0.2) is 4.39 Å². The van der Waals surface area contributed by atoms with Gasteiger partial charge >= 0.3 is 0 Å². The third kappa shape index (κ3) is 2.43. The highest BCUT2D eigenvalue weighted by molar-refractivity contribution is 5.58. The quantitative estimate of drug-likeness (QED) is 0.898. The zero-order valence-electron chi connectivity index (χ0n) is 9.76. The molecule has 90 valence electrons. The molecule has 2 aromatic rings. The van der Waals surface area contributed by atoms with Gasteiger partial charge in [0.15, 0.2) is 0 Å². The minimum Gasteiger partial charge on any atom is -0.376 e. The highest BCUT2D eigenvalue weighted by Crippen LogP contribution is 2.22. The molecule has 0 spiro atoms. The van der Waals surface area contributed by atoms with Gasteiger partial charge in [0.05, 0.1) is 23.6 Å². The topological polar surface area (TPSA) is 61.6 Å². The van der Waals surface area contributed by atoms with Crippen LogP contribution < -0.4 is 5.32 Å². The average Bonchev–Trinajstić information content (AvgIpc) is 2.40. The van der Waals surface area contributed by atoms with Gasteiger partial charge in [-0.3, -0.25) is 9.97 Å². The normalized spacial score (nSPS) is 11.6. The van der Waals surface area contributed by atoms with Crippen LogP contribution in [0.1, 0.15) is 24.2 Å². The van der Waals surface area contributed by atoms with E-state index in [0.717, 1.165) is 5.69 Å². The SMILES string of the molecule is CC(Nc1cccc(F)c1C#N)c1cnccn1. The molecule has 1 aromatic heterocycles. The minimum absolute atomic E-state index is 0.00763. The molecule has 0 saturated heterocycles. The number of rotatable bonds is 3. The molecule has 1 N–H and O–H groups in total. The van der Waals surface area contributed by atoms with Crippen molar-refractivity contribution in [1.29, 1.82) is 5.26 Å². The predicted octanol–water partition coefficient (Wildman–Crippen LogP) is 2.66. The summed E-state index contributed by atoms with van der Waals surface area (Å²) >= 11 is 0. The second-order valence-corrected chi connectivity index (χ2v) is 3.77. The minimum atomic E-state index is -0.533. The molecule has 1 atom stereocenters. The van der Waals surface area contributed by atoms with Crippen molar-refractivity contribution in [2.24, 2.45) is 0 Å². The number of hydrogen-bond acceptors (Lipinski definition) is 4. The van der Waals surface area contributed by atoms with Gasteiger partial charge in [0.2, 0.25) is 0 Å². The van der Waals surface area contributed by atoms with Crippen LogP contribution in [0.15, 0.2) is 36.8 Å². The maximum atomic E-state index is 13.4. The van der Waals surface area contributed by atoms with E-state index in [1.807, 2.05) is 13.0 Å². The van der Waals surface area contributed by atoms with E-state index in [1.54, 1.807) is 30.7 Å². The fraction of sp³-hybridized carbons (Fsp3) is 0.154. The monoisotopic (exact) mass is 242 g/mol. The Morgan fingerprint density at radius 1 is 1.39 bits per heavy atom. The summed E-state index contributed by atoms with van der Waals surface area (Å²) in [6, 6.07) is 6.17. The van der Waals surface area contributed by atoms with Crippen LogP contribution in [0, 0.1) is 17.1 Å². The number of nitrogens with one attached hydrogen (secondary N) is 1. The van der Waals surface area contributed by atoms with Crippen molar-refractivity contribution in [3.8, 4) is 6.07 Å². The molecule has 0 aliphatic rings. The highest BCUT2D eigenvalue weighted by Gasteiger charge is 2.12. The Labute approximate surface area is 104 Å². The van der Waals surface area contributed by atoms with Gasteiger partial charge in [-0.15, -0.1) is 0 Å². The molecule has 0 amide bonds. The molecule has 1 aromatic carbocycles. The Hall–Kier alpha value is -2.48. The lowest BCUT2D eigenvalue weighted by Gasteiger charge is -2.15.